The van der Waals surface area contributed by atoms with Crippen molar-refractivity contribution in [3.8, 4) is 0 Å². The zero-order valence-electron chi connectivity index (χ0n) is 7.38. The lowest BCUT2D eigenvalue weighted by atomic mass is 10.2. The van der Waals surface area contributed by atoms with Crippen LogP contribution in [0.4, 0.5) is 0 Å². The van der Waals surface area contributed by atoms with Crippen LogP contribution in [0.1, 0.15) is 20.8 Å². The molecule has 12 heavy (non-hydrogen) atoms. The Bertz CT molecular complexity index is 150. The first-order valence-corrected chi connectivity index (χ1v) is 4.40. The summed E-state index contributed by atoms with van der Waals surface area (Å²) in [6.45, 7) is 5.88. The second-order valence-corrected chi connectivity index (χ2v) is 3.86. The Labute approximate surface area is 82.8 Å². The zero-order chi connectivity index (χ0) is 9.72. The van der Waals surface area contributed by atoms with Crippen molar-refractivity contribution in [2.24, 2.45) is 5.92 Å². The van der Waals surface area contributed by atoms with Gasteiger partial charge in [-0.25, -0.2) is 0 Å². The van der Waals surface area contributed by atoms with Gasteiger partial charge in [-0.1, -0.05) is 13.8 Å². The summed E-state index contributed by atoms with van der Waals surface area (Å²) in [4.78, 5) is 11.1. The van der Waals surface area contributed by atoms with E-state index in [9.17, 15) is 4.79 Å². The second kappa shape index (κ2) is 5.62. The lowest BCUT2D eigenvalue weighted by Gasteiger charge is -2.14. The van der Waals surface area contributed by atoms with E-state index in [0.29, 0.717) is 12.5 Å². The summed E-state index contributed by atoms with van der Waals surface area (Å²) < 4.78 is 5.66. The van der Waals surface area contributed by atoms with Crippen molar-refractivity contribution in [2.45, 2.75) is 26.8 Å². The van der Waals surface area contributed by atoms with Crippen LogP contribution in [0.5, 0.6) is 0 Å². The molecule has 0 amide bonds. The first-order valence-electron chi connectivity index (χ1n) is 3.72. The quantitative estimate of drug-likeness (QED) is 0.530. The predicted molar refractivity (Wildman–Crippen MR) is 48.8 cm³/mol. The maximum absolute atomic E-state index is 11.1. The maximum Gasteiger partial charge on any atom is 0.325 e. The Morgan fingerprint density at radius 2 is 1.92 bits per heavy atom. The smallest absolute Gasteiger partial charge is 0.325 e. The maximum atomic E-state index is 11.1. The Kier molecular flexibility index (Phi) is 5.63. The third-order valence-electron chi connectivity index (χ3n) is 1.19. The molecule has 0 heterocycles. The Morgan fingerprint density at radius 3 is 2.25 bits per heavy atom. The van der Waals surface area contributed by atoms with E-state index in [4.69, 9.17) is 28.3 Å². The highest BCUT2D eigenvalue weighted by atomic mass is 35.5. The van der Waals surface area contributed by atoms with Crippen LogP contribution in [0.2, 0.25) is 0 Å². The largest absolute Gasteiger partial charge is 0.464 e. The molecule has 0 fully saturated rings. The molecule has 0 rings (SSSR count). The molecule has 0 aromatic carbocycles. The number of halogens is 2. The zero-order valence-corrected chi connectivity index (χ0v) is 8.89. The van der Waals surface area contributed by atoms with Crippen LogP contribution in [0.25, 0.3) is 0 Å². The summed E-state index contributed by atoms with van der Waals surface area (Å²) in [6.07, 6.45) is 0. The fourth-order valence-electron chi connectivity index (χ4n) is 0.449. The van der Waals surface area contributed by atoms with Crippen LogP contribution >= 0.6 is 23.6 Å². The summed E-state index contributed by atoms with van der Waals surface area (Å²) in [5, 5.41) is 0. The molecule has 3 nitrogen and oxygen atoms in total. The Hall–Kier alpha value is 0.01000. The van der Waals surface area contributed by atoms with Crippen LogP contribution in [0, 0.1) is 5.92 Å². The monoisotopic (exact) mass is 213 g/mol. The van der Waals surface area contributed by atoms with Gasteiger partial charge in [0.1, 0.15) is 6.04 Å². The molecule has 0 N–H and O–H groups in total. The molecule has 1 atom stereocenters. The van der Waals surface area contributed by atoms with E-state index in [0.717, 1.165) is 3.94 Å². The summed E-state index contributed by atoms with van der Waals surface area (Å²) in [6, 6.07) is -0.618. The molecule has 0 aliphatic carbocycles. The van der Waals surface area contributed by atoms with Crippen LogP contribution < -0.4 is 0 Å². The number of ether oxygens (including phenoxy) is 1. The van der Waals surface area contributed by atoms with E-state index >= 15 is 0 Å². The second-order valence-electron chi connectivity index (χ2n) is 2.96. The van der Waals surface area contributed by atoms with E-state index in [1.54, 1.807) is 6.92 Å². The number of carbonyl (C=O) groups is 1. The molecule has 0 aliphatic heterocycles. The molecule has 0 aliphatic rings. The minimum atomic E-state index is -0.618. The summed E-state index contributed by atoms with van der Waals surface area (Å²) in [7, 11) is 0. The van der Waals surface area contributed by atoms with Gasteiger partial charge in [0.05, 0.1) is 6.61 Å². The van der Waals surface area contributed by atoms with Gasteiger partial charge in [0.2, 0.25) is 0 Å². The highest BCUT2D eigenvalue weighted by molar-refractivity contribution is 6.34. The van der Waals surface area contributed by atoms with Crippen molar-refractivity contribution in [2.75, 3.05) is 6.61 Å². The molecular formula is C7H13Cl2NO2. The molecule has 0 saturated heterocycles. The average Bonchev–Trinajstić information content (AvgIpc) is 1.98. The van der Waals surface area contributed by atoms with Gasteiger partial charge in [-0.15, -0.1) is 3.94 Å². The third kappa shape index (κ3) is 4.80. The molecule has 72 valence electrons. The van der Waals surface area contributed by atoms with E-state index in [1.165, 1.54) is 0 Å². The van der Waals surface area contributed by atoms with Crippen LogP contribution in [0.15, 0.2) is 0 Å². The van der Waals surface area contributed by atoms with E-state index in [-0.39, 0.29) is 0 Å². The van der Waals surface area contributed by atoms with Crippen molar-refractivity contribution in [1.29, 1.82) is 0 Å². The van der Waals surface area contributed by atoms with E-state index in [1.807, 2.05) is 13.8 Å². The minimum absolute atomic E-state index is 0.320. The van der Waals surface area contributed by atoms with Crippen molar-refractivity contribution >= 4 is 29.5 Å². The SMILES string of the molecule is CC(C)COC(=O)C(C)N(Cl)Cl. The van der Waals surface area contributed by atoms with Crippen LogP contribution in [-0.2, 0) is 9.53 Å². The molecular weight excluding hydrogens is 201 g/mol. The van der Waals surface area contributed by atoms with Gasteiger partial charge >= 0.3 is 5.97 Å². The van der Waals surface area contributed by atoms with Gasteiger partial charge in [0, 0.05) is 0 Å². The van der Waals surface area contributed by atoms with Crippen LogP contribution in [0.3, 0.4) is 0 Å². The predicted octanol–water partition coefficient (Wildman–Crippen LogP) is 2.18. The van der Waals surface area contributed by atoms with Crippen molar-refractivity contribution in [1.82, 2.24) is 3.94 Å². The van der Waals surface area contributed by atoms with Crippen molar-refractivity contribution in [3.05, 3.63) is 0 Å². The molecule has 0 aromatic heterocycles. The summed E-state index contributed by atoms with van der Waals surface area (Å²) in [5.74, 6) is -0.0889. The summed E-state index contributed by atoms with van der Waals surface area (Å²) in [5.41, 5.74) is 0. The normalized spacial score (nSPS) is 13.6. The van der Waals surface area contributed by atoms with Gasteiger partial charge in [0.25, 0.3) is 0 Å². The number of hydrogen-bond acceptors (Lipinski definition) is 3. The molecule has 0 spiro atoms. The first-order chi connectivity index (χ1) is 5.45. The Morgan fingerprint density at radius 1 is 1.42 bits per heavy atom. The number of nitrogens with zero attached hydrogens (tertiary/aromatic N) is 1. The number of hydrogen-bond donors (Lipinski definition) is 0. The molecule has 0 saturated carbocycles. The van der Waals surface area contributed by atoms with E-state index < -0.39 is 12.0 Å². The number of carbonyl (C=O) groups excluding carboxylic acids is 1. The number of esters is 1. The number of rotatable bonds is 4. The lowest BCUT2D eigenvalue weighted by Crippen LogP contribution is -2.29. The van der Waals surface area contributed by atoms with Gasteiger partial charge in [-0.05, 0) is 36.4 Å². The van der Waals surface area contributed by atoms with Gasteiger partial charge in [0.15, 0.2) is 0 Å². The lowest BCUT2D eigenvalue weighted by molar-refractivity contribution is -0.147. The van der Waals surface area contributed by atoms with Crippen LogP contribution in [-0.4, -0.2) is 22.6 Å². The van der Waals surface area contributed by atoms with Gasteiger partial charge < -0.3 is 4.74 Å². The fraction of sp³-hybridized carbons (Fsp3) is 0.857. The van der Waals surface area contributed by atoms with E-state index in [2.05, 4.69) is 0 Å². The molecule has 0 bridgehead atoms. The van der Waals surface area contributed by atoms with Gasteiger partial charge in [-0.3, -0.25) is 4.79 Å². The highest BCUT2D eigenvalue weighted by Gasteiger charge is 2.19. The standard InChI is InChI=1S/C7H13Cl2NO2/c1-5(2)4-12-7(11)6(3)10(8)9/h5-6H,4H2,1-3H3. The molecule has 0 aromatic rings. The van der Waals surface area contributed by atoms with Crippen molar-refractivity contribution < 1.29 is 9.53 Å². The fourth-order valence-corrected chi connectivity index (χ4v) is 0.608. The highest BCUT2D eigenvalue weighted by Crippen LogP contribution is 2.08. The van der Waals surface area contributed by atoms with Crippen molar-refractivity contribution in [3.63, 3.8) is 0 Å². The minimum Gasteiger partial charge on any atom is -0.464 e. The summed E-state index contributed by atoms with van der Waals surface area (Å²) >= 11 is 10.7. The van der Waals surface area contributed by atoms with Gasteiger partial charge in [-0.2, -0.15) is 0 Å². The molecule has 0 radical (unpaired) electrons. The third-order valence-corrected chi connectivity index (χ3v) is 1.78. The Balaban J connectivity index is 3.72. The first kappa shape index (κ1) is 12.0. The topological polar surface area (TPSA) is 29.5 Å². The average molecular weight is 214 g/mol. The molecule has 1 unspecified atom stereocenters. The molecule has 5 heteroatoms.